The molecule has 26 heavy (non-hydrogen) atoms. The molecule has 0 bridgehead atoms. The van der Waals surface area contributed by atoms with Crippen LogP contribution in [-0.2, 0) is 19.2 Å². The highest BCUT2D eigenvalue weighted by Crippen LogP contribution is 2.24. The van der Waals surface area contributed by atoms with Crippen molar-refractivity contribution in [2.45, 2.75) is 51.5 Å². The molecule has 146 valence electrons. The molecular formula is C18H29N3O5. The van der Waals surface area contributed by atoms with Crippen molar-refractivity contribution in [1.82, 2.24) is 15.1 Å². The topological polar surface area (TPSA) is 107 Å². The summed E-state index contributed by atoms with van der Waals surface area (Å²) >= 11 is 0. The normalized spacial score (nSPS) is 19.8. The van der Waals surface area contributed by atoms with Crippen LogP contribution < -0.4 is 5.32 Å². The molecule has 1 aliphatic heterocycles. The molecule has 8 heteroatoms. The fraction of sp³-hybridized carbons (Fsp3) is 0.778. The van der Waals surface area contributed by atoms with Crippen LogP contribution in [0.1, 0.15) is 45.4 Å². The molecule has 2 N–H and O–H groups in total. The first-order valence-corrected chi connectivity index (χ1v) is 9.35. The predicted octanol–water partition coefficient (Wildman–Crippen LogP) is 0.463. The highest BCUT2D eigenvalue weighted by atomic mass is 16.4. The highest BCUT2D eigenvalue weighted by Gasteiger charge is 2.30. The number of hydrogen-bond acceptors (Lipinski definition) is 4. The Bertz CT molecular complexity index is 551. The lowest BCUT2D eigenvalue weighted by Gasteiger charge is -2.32. The van der Waals surface area contributed by atoms with Gasteiger partial charge >= 0.3 is 5.97 Å². The zero-order chi connectivity index (χ0) is 19.3. The van der Waals surface area contributed by atoms with Gasteiger partial charge in [0.1, 0.15) is 6.04 Å². The van der Waals surface area contributed by atoms with Gasteiger partial charge in [-0.2, -0.15) is 0 Å². The van der Waals surface area contributed by atoms with Crippen molar-refractivity contribution in [2.24, 2.45) is 11.8 Å². The van der Waals surface area contributed by atoms with Gasteiger partial charge < -0.3 is 20.2 Å². The van der Waals surface area contributed by atoms with E-state index in [1.54, 1.807) is 18.9 Å². The fourth-order valence-corrected chi connectivity index (χ4v) is 3.67. The van der Waals surface area contributed by atoms with E-state index < -0.39 is 17.9 Å². The van der Waals surface area contributed by atoms with Crippen molar-refractivity contribution >= 4 is 23.7 Å². The first kappa shape index (κ1) is 20.2. The molecule has 0 spiro atoms. The molecule has 2 aliphatic rings. The molecule has 1 saturated heterocycles. The summed E-state index contributed by atoms with van der Waals surface area (Å²) in [5, 5.41) is 11.8. The van der Waals surface area contributed by atoms with Crippen molar-refractivity contribution < 1.29 is 24.3 Å². The lowest BCUT2D eigenvalue weighted by atomic mass is 9.97. The largest absolute Gasteiger partial charge is 0.481 e. The van der Waals surface area contributed by atoms with Crippen molar-refractivity contribution in [3.05, 3.63) is 0 Å². The zero-order valence-corrected chi connectivity index (χ0v) is 15.6. The average Bonchev–Trinajstić information content (AvgIpc) is 3.15. The average molecular weight is 367 g/mol. The van der Waals surface area contributed by atoms with E-state index >= 15 is 0 Å². The van der Waals surface area contributed by atoms with Gasteiger partial charge in [0.2, 0.25) is 17.7 Å². The van der Waals surface area contributed by atoms with Gasteiger partial charge in [0.05, 0.1) is 12.5 Å². The number of carboxylic acids is 1. The summed E-state index contributed by atoms with van der Waals surface area (Å²) in [5.74, 6) is -1.81. The molecule has 0 aromatic heterocycles. The lowest BCUT2D eigenvalue weighted by molar-refractivity contribution is -0.146. The predicted molar refractivity (Wildman–Crippen MR) is 94.1 cm³/mol. The smallest absolute Gasteiger partial charge is 0.306 e. The highest BCUT2D eigenvalue weighted by molar-refractivity contribution is 5.90. The Balaban J connectivity index is 1.77. The maximum atomic E-state index is 12.4. The van der Waals surface area contributed by atoms with Crippen LogP contribution in [0.25, 0.3) is 0 Å². The minimum atomic E-state index is -0.823. The molecule has 8 nitrogen and oxygen atoms in total. The van der Waals surface area contributed by atoms with E-state index in [2.05, 4.69) is 5.32 Å². The monoisotopic (exact) mass is 367 g/mol. The molecule has 1 heterocycles. The number of nitrogens with zero attached hydrogens (tertiary/aromatic N) is 2. The number of carbonyl (C=O) groups excluding carboxylic acids is 3. The number of hydrogen-bond donors (Lipinski definition) is 2. The van der Waals surface area contributed by atoms with E-state index in [4.69, 9.17) is 5.11 Å². The van der Waals surface area contributed by atoms with Gasteiger partial charge in [-0.3, -0.25) is 19.2 Å². The summed E-state index contributed by atoms with van der Waals surface area (Å²) in [7, 11) is 1.54. The molecule has 1 atom stereocenters. The molecule has 0 aromatic rings. The minimum absolute atomic E-state index is 0.00674. The summed E-state index contributed by atoms with van der Waals surface area (Å²) in [5.41, 5.74) is 0. The Morgan fingerprint density at radius 1 is 1.08 bits per heavy atom. The molecule has 0 radical (unpaired) electrons. The van der Waals surface area contributed by atoms with Gasteiger partial charge in [-0.05, 0) is 32.6 Å². The minimum Gasteiger partial charge on any atom is -0.481 e. The van der Waals surface area contributed by atoms with Gasteiger partial charge in [0.15, 0.2) is 0 Å². The molecule has 1 aliphatic carbocycles. The Morgan fingerprint density at radius 3 is 2.19 bits per heavy atom. The SMILES string of the molecule is CC(NC(=O)C1CCCC1)C(=O)N(C)CC(=O)N1CCC(C(=O)O)CC1. The van der Waals surface area contributed by atoms with Crippen LogP contribution in [0.2, 0.25) is 0 Å². The van der Waals surface area contributed by atoms with E-state index in [9.17, 15) is 19.2 Å². The van der Waals surface area contributed by atoms with Crippen molar-refractivity contribution in [3.8, 4) is 0 Å². The number of likely N-dealkylation sites (N-methyl/N-ethyl adjacent to an activating group) is 1. The molecule has 2 fully saturated rings. The Hall–Kier alpha value is -2.12. The Kier molecular flexibility index (Phi) is 6.99. The van der Waals surface area contributed by atoms with E-state index in [-0.39, 0.29) is 30.2 Å². The number of piperidine rings is 1. The summed E-state index contributed by atoms with van der Waals surface area (Å²) in [6, 6.07) is -0.668. The van der Waals surface area contributed by atoms with E-state index in [0.717, 1.165) is 25.7 Å². The first-order valence-electron chi connectivity index (χ1n) is 9.35. The van der Waals surface area contributed by atoms with Crippen molar-refractivity contribution in [2.75, 3.05) is 26.7 Å². The molecule has 1 saturated carbocycles. The molecule has 0 aromatic carbocycles. The summed E-state index contributed by atoms with van der Waals surface area (Å²) in [4.78, 5) is 50.8. The van der Waals surface area contributed by atoms with E-state index in [1.165, 1.54) is 4.90 Å². The van der Waals surface area contributed by atoms with Crippen molar-refractivity contribution in [3.63, 3.8) is 0 Å². The fourth-order valence-electron chi connectivity index (χ4n) is 3.67. The van der Waals surface area contributed by atoms with Crippen LogP contribution in [-0.4, -0.2) is 71.3 Å². The van der Waals surface area contributed by atoms with Gasteiger partial charge in [0.25, 0.3) is 0 Å². The number of likely N-dealkylation sites (tertiary alicyclic amines) is 1. The molecular weight excluding hydrogens is 338 g/mol. The summed E-state index contributed by atoms with van der Waals surface area (Å²) in [6.45, 7) is 2.35. The number of aliphatic carboxylic acids is 1. The second kappa shape index (κ2) is 9.00. The van der Waals surface area contributed by atoms with Crippen molar-refractivity contribution in [1.29, 1.82) is 0 Å². The van der Waals surface area contributed by atoms with Crippen LogP contribution in [0.15, 0.2) is 0 Å². The Labute approximate surface area is 153 Å². The number of amides is 3. The maximum absolute atomic E-state index is 12.4. The zero-order valence-electron chi connectivity index (χ0n) is 15.6. The number of nitrogens with one attached hydrogen (secondary N) is 1. The standard InChI is InChI=1S/C18H29N3O5/c1-12(19-16(23)13-5-3-4-6-13)17(24)20(2)11-15(22)21-9-7-14(8-10-21)18(25)26/h12-14H,3-11H2,1-2H3,(H,19,23)(H,25,26). The van der Waals surface area contributed by atoms with Gasteiger partial charge in [-0.25, -0.2) is 0 Å². The maximum Gasteiger partial charge on any atom is 0.306 e. The second-order valence-corrected chi connectivity index (χ2v) is 7.40. The van der Waals surface area contributed by atoms with Crippen LogP contribution in [0.5, 0.6) is 0 Å². The van der Waals surface area contributed by atoms with Gasteiger partial charge in [0, 0.05) is 26.1 Å². The van der Waals surface area contributed by atoms with Crippen LogP contribution >= 0.6 is 0 Å². The summed E-state index contributed by atoms with van der Waals surface area (Å²) < 4.78 is 0. The van der Waals surface area contributed by atoms with Crippen LogP contribution in [0, 0.1) is 11.8 Å². The lowest BCUT2D eigenvalue weighted by Crippen LogP contribution is -2.50. The number of carbonyl (C=O) groups is 4. The van der Waals surface area contributed by atoms with Gasteiger partial charge in [-0.15, -0.1) is 0 Å². The third kappa shape index (κ3) is 5.19. The third-order valence-corrected chi connectivity index (χ3v) is 5.40. The number of carboxylic acid groups (broad SMARTS) is 1. The Morgan fingerprint density at radius 2 is 1.65 bits per heavy atom. The van der Waals surface area contributed by atoms with Crippen LogP contribution in [0.3, 0.4) is 0 Å². The number of rotatable bonds is 6. The third-order valence-electron chi connectivity index (χ3n) is 5.40. The molecule has 2 rings (SSSR count). The summed E-state index contributed by atoms with van der Waals surface area (Å²) in [6.07, 6.45) is 4.71. The first-order chi connectivity index (χ1) is 12.3. The van der Waals surface area contributed by atoms with Gasteiger partial charge in [-0.1, -0.05) is 12.8 Å². The van der Waals surface area contributed by atoms with E-state index in [1.807, 2.05) is 0 Å². The van der Waals surface area contributed by atoms with E-state index in [0.29, 0.717) is 25.9 Å². The van der Waals surface area contributed by atoms with Crippen LogP contribution in [0.4, 0.5) is 0 Å². The molecule has 1 unspecified atom stereocenters. The molecule has 3 amide bonds. The quantitative estimate of drug-likeness (QED) is 0.709. The second-order valence-electron chi connectivity index (χ2n) is 7.40.